The van der Waals surface area contributed by atoms with Crippen molar-refractivity contribution in [3.8, 4) is 5.75 Å². The van der Waals surface area contributed by atoms with Gasteiger partial charge in [-0.2, -0.15) is 0 Å². The number of hydrogen-bond acceptors (Lipinski definition) is 4. The van der Waals surface area contributed by atoms with Crippen LogP contribution in [0.2, 0.25) is 0 Å². The molecule has 0 heterocycles. The van der Waals surface area contributed by atoms with E-state index in [0.717, 1.165) is 0 Å². The Morgan fingerprint density at radius 1 is 1.14 bits per heavy atom. The summed E-state index contributed by atoms with van der Waals surface area (Å²) >= 11 is 0. The first-order valence-electron chi connectivity index (χ1n) is 6.32. The van der Waals surface area contributed by atoms with Crippen LogP contribution in [0.25, 0.3) is 0 Å². The van der Waals surface area contributed by atoms with Crippen LogP contribution in [0.3, 0.4) is 0 Å². The normalized spacial score (nSPS) is 11.2. The van der Waals surface area contributed by atoms with Crippen molar-refractivity contribution < 1.29 is 18.3 Å². The highest BCUT2D eigenvalue weighted by Crippen LogP contribution is 2.29. The number of anilines is 1. The van der Waals surface area contributed by atoms with Crippen LogP contribution in [-0.2, 0) is 16.6 Å². The molecular weight excluding hydrogens is 290 g/mol. The minimum Gasteiger partial charge on any atom is -0.495 e. The van der Waals surface area contributed by atoms with Crippen molar-refractivity contribution in [1.82, 2.24) is 0 Å². The Morgan fingerprint density at radius 2 is 1.81 bits per heavy atom. The van der Waals surface area contributed by atoms with Gasteiger partial charge in [0.15, 0.2) is 0 Å². The molecule has 0 aliphatic carbocycles. The summed E-state index contributed by atoms with van der Waals surface area (Å²) in [4.78, 5) is 0.0305. The molecular formula is C15H17NO4S. The fourth-order valence-corrected chi connectivity index (χ4v) is 3.35. The molecule has 0 aromatic heterocycles. The van der Waals surface area contributed by atoms with Crippen molar-refractivity contribution in [2.75, 3.05) is 18.5 Å². The first-order valence-corrected chi connectivity index (χ1v) is 7.76. The lowest BCUT2D eigenvalue weighted by molar-refractivity contribution is 0.281. The van der Waals surface area contributed by atoms with Gasteiger partial charge in [-0.25, -0.2) is 8.42 Å². The quantitative estimate of drug-likeness (QED) is 0.917. The van der Waals surface area contributed by atoms with Gasteiger partial charge in [-0.3, -0.25) is 4.31 Å². The Labute approximate surface area is 124 Å². The zero-order chi connectivity index (χ0) is 15.5. The maximum Gasteiger partial charge on any atom is 0.267 e. The Bertz CT molecular complexity index is 714. The van der Waals surface area contributed by atoms with Crippen LogP contribution in [-0.4, -0.2) is 27.7 Å². The predicted molar refractivity (Wildman–Crippen MR) is 80.9 cm³/mol. The summed E-state index contributed by atoms with van der Waals surface area (Å²) in [7, 11) is -0.876. The van der Waals surface area contributed by atoms with Gasteiger partial charge in [0.05, 0.1) is 19.4 Å². The van der Waals surface area contributed by atoms with Crippen LogP contribution < -0.4 is 9.04 Å². The number of rotatable bonds is 5. The predicted octanol–water partition coefficient (Wildman–Crippen LogP) is 2.01. The maximum atomic E-state index is 12.7. The summed E-state index contributed by atoms with van der Waals surface area (Å²) < 4.78 is 31.8. The van der Waals surface area contributed by atoms with E-state index in [1.165, 1.54) is 30.6 Å². The van der Waals surface area contributed by atoms with E-state index in [0.29, 0.717) is 11.3 Å². The second-order valence-electron chi connectivity index (χ2n) is 4.45. The lowest BCUT2D eigenvalue weighted by Gasteiger charge is -2.21. The molecule has 0 saturated heterocycles. The van der Waals surface area contributed by atoms with Crippen molar-refractivity contribution in [1.29, 1.82) is 0 Å². The van der Waals surface area contributed by atoms with Crippen molar-refractivity contribution in [3.05, 3.63) is 54.1 Å². The topological polar surface area (TPSA) is 66.8 Å². The van der Waals surface area contributed by atoms with E-state index in [1.807, 2.05) is 6.07 Å². The number of nitrogens with zero attached hydrogens (tertiary/aromatic N) is 1. The van der Waals surface area contributed by atoms with Crippen LogP contribution in [0.1, 0.15) is 5.56 Å². The molecule has 0 fully saturated rings. The van der Waals surface area contributed by atoms with Crippen molar-refractivity contribution >= 4 is 15.7 Å². The molecule has 0 amide bonds. The molecule has 0 atom stereocenters. The van der Waals surface area contributed by atoms with E-state index < -0.39 is 10.0 Å². The van der Waals surface area contributed by atoms with Gasteiger partial charge in [-0.1, -0.05) is 24.3 Å². The molecule has 0 unspecified atom stereocenters. The monoisotopic (exact) mass is 307 g/mol. The molecule has 5 nitrogen and oxygen atoms in total. The van der Waals surface area contributed by atoms with Crippen LogP contribution in [0.5, 0.6) is 5.75 Å². The van der Waals surface area contributed by atoms with Gasteiger partial charge in [-0.05, 0) is 29.8 Å². The van der Waals surface area contributed by atoms with Crippen LogP contribution in [0, 0.1) is 0 Å². The van der Waals surface area contributed by atoms with E-state index in [-0.39, 0.29) is 17.3 Å². The molecule has 21 heavy (non-hydrogen) atoms. The Morgan fingerprint density at radius 3 is 2.38 bits per heavy atom. The number of methoxy groups -OCH3 is 1. The number of hydrogen-bond donors (Lipinski definition) is 1. The summed E-state index contributed by atoms with van der Waals surface area (Å²) in [6.07, 6.45) is 0. The average molecular weight is 307 g/mol. The van der Waals surface area contributed by atoms with E-state index in [1.54, 1.807) is 30.3 Å². The molecule has 2 aromatic carbocycles. The summed E-state index contributed by atoms with van der Waals surface area (Å²) in [6.45, 7) is -0.235. The van der Waals surface area contributed by atoms with Crippen LogP contribution in [0.4, 0.5) is 5.69 Å². The van der Waals surface area contributed by atoms with E-state index >= 15 is 0 Å². The van der Waals surface area contributed by atoms with Crippen LogP contribution in [0.15, 0.2) is 53.4 Å². The van der Waals surface area contributed by atoms with Crippen molar-refractivity contribution in [2.24, 2.45) is 0 Å². The van der Waals surface area contributed by atoms with Gasteiger partial charge in [0.2, 0.25) is 0 Å². The van der Waals surface area contributed by atoms with Gasteiger partial charge in [0, 0.05) is 7.05 Å². The van der Waals surface area contributed by atoms with E-state index in [9.17, 15) is 13.5 Å². The lowest BCUT2D eigenvalue weighted by atomic mass is 10.2. The standard InChI is InChI=1S/C15H17NO4S/c1-16(13-6-4-3-5-7-13)21(18,19)15-10-12(11-17)8-9-14(15)20-2/h3-10,17H,11H2,1-2H3. The fraction of sp³-hybridized carbons (Fsp3) is 0.200. The van der Waals surface area contributed by atoms with Crippen molar-refractivity contribution in [3.63, 3.8) is 0 Å². The van der Waals surface area contributed by atoms with Gasteiger partial charge < -0.3 is 9.84 Å². The minimum atomic E-state index is -3.77. The summed E-state index contributed by atoms with van der Waals surface area (Å²) in [5, 5.41) is 9.20. The molecule has 1 N–H and O–H groups in total. The zero-order valence-corrected chi connectivity index (χ0v) is 12.7. The number of aliphatic hydroxyl groups is 1. The van der Waals surface area contributed by atoms with Crippen molar-refractivity contribution in [2.45, 2.75) is 11.5 Å². The summed E-state index contributed by atoms with van der Waals surface area (Å²) in [6, 6.07) is 13.4. The van der Waals surface area contributed by atoms with E-state index in [4.69, 9.17) is 4.74 Å². The molecule has 0 saturated carbocycles. The molecule has 0 spiro atoms. The summed E-state index contributed by atoms with van der Waals surface area (Å²) in [5.41, 5.74) is 1.06. The number of sulfonamides is 1. The third-order valence-electron chi connectivity index (χ3n) is 3.17. The molecule has 2 rings (SSSR count). The zero-order valence-electron chi connectivity index (χ0n) is 11.9. The third kappa shape index (κ3) is 3.01. The van der Waals surface area contributed by atoms with Crippen LogP contribution >= 0.6 is 0 Å². The number of benzene rings is 2. The van der Waals surface area contributed by atoms with E-state index in [2.05, 4.69) is 0 Å². The average Bonchev–Trinajstić information content (AvgIpc) is 2.54. The molecule has 0 aliphatic heterocycles. The second kappa shape index (κ2) is 6.15. The van der Waals surface area contributed by atoms with Gasteiger partial charge in [0.25, 0.3) is 10.0 Å². The Hall–Kier alpha value is -2.05. The molecule has 0 aliphatic rings. The highest BCUT2D eigenvalue weighted by Gasteiger charge is 2.25. The highest BCUT2D eigenvalue weighted by molar-refractivity contribution is 7.92. The maximum absolute atomic E-state index is 12.7. The smallest absolute Gasteiger partial charge is 0.267 e. The number of para-hydroxylation sites is 1. The first-order chi connectivity index (χ1) is 10.0. The largest absolute Gasteiger partial charge is 0.495 e. The molecule has 6 heteroatoms. The molecule has 0 bridgehead atoms. The number of ether oxygens (including phenoxy) is 1. The Balaban J connectivity index is 2.53. The fourth-order valence-electron chi connectivity index (χ4n) is 1.95. The van der Waals surface area contributed by atoms with Gasteiger partial charge in [0.1, 0.15) is 10.6 Å². The second-order valence-corrected chi connectivity index (χ2v) is 6.39. The summed E-state index contributed by atoms with van der Waals surface area (Å²) in [5.74, 6) is 0.245. The van der Waals surface area contributed by atoms with Gasteiger partial charge >= 0.3 is 0 Å². The number of aliphatic hydroxyl groups excluding tert-OH is 1. The molecule has 112 valence electrons. The lowest BCUT2D eigenvalue weighted by Crippen LogP contribution is -2.27. The third-order valence-corrected chi connectivity index (χ3v) is 4.98. The Kier molecular flexibility index (Phi) is 4.50. The highest BCUT2D eigenvalue weighted by atomic mass is 32.2. The SMILES string of the molecule is COc1ccc(CO)cc1S(=O)(=O)N(C)c1ccccc1. The van der Waals surface area contributed by atoms with Gasteiger partial charge in [-0.15, -0.1) is 0 Å². The first kappa shape index (κ1) is 15.3. The minimum absolute atomic E-state index is 0.0305. The molecule has 0 radical (unpaired) electrons. The molecule has 2 aromatic rings.